The maximum atomic E-state index is 12.3. The van der Waals surface area contributed by atoms with Crippen LogP contribution >= 0.6 is 11.6 Å². The van der Waals surface area contributed by atoms with Crippen LogP contribution in [0.15, 0.2) is 24.3 Å². The Bertz CT molecular complexity index is 410. The molecule has 0 radical (unpaired) electrons. The van der Waals surface area contributed by atoms with Crippen molar-refractivity contribution in [2.75, 3.05) is 0 Å². The number of aldehydes is 1. The number of rotatable bonds is 3. The Morgan fingerprint density at radius 1 is 1.31 bits per heavy atom. The molecular weight excluding hydrogens is 241 g/mol. The van der Waals surface area contributed by atoms with Crippen molar-refractivity contribution in [2.45, 2.75) is 12.6 Å². The molecule has 86 valence electrons. The summed E-state index contributed by atoms with van der Waals surface area (Å²) in [6, 6.07) is 3.08. The van der Waals surface area contributed by atoms with E-state index >= 15 is 0 Å². The van der Waals surface area contributed by atoms with Crippen molar-refractivity contribution in [3.8, 4) is 0 Å². The molecule has 5 heteroatoms. The Balaban J connectivity index is 2.96. The lowest BCUT2D eigenvalue weighted by atomic mass is 10.1. The van der Waals surface area contributed by atoms with Gasteiger partial charge in [-0.15, -0.1) is 0 Å². The van der Waals surface area contributed by atoms with E-state index in [0.717, 1.165) is 12.1 Å². The lowest BCUT2D eigenvalue weighted by Crippen LogP contribution is -2.04. The summed E-state index contributed by atoms with van der Waals surface area (Å²) in [5.74, 6) is 0. The van der Waals surface area contributed by atoms with Gasteiger partial charge < -0.3 is 4.79 Å². The van der Waals surface area contributed by atoms with E-state index in [1.807, 2.05) is 0 Å². The lowest BCUT2D eigenvalue weighted by molar-refractivity contribution is -0.137. The third-order valence-electron chi connectivity index (χ3n) is 1.86. The van der Waals surface area contributed by atoms with Gasteiger partial charge in [-0.1, -0.05) is 29.8 Å². The first-order valence-corrected chi connectivity index (χ1v) is 4.80. The molecule has 0 aliphatic rings. The molecule has 0 fully saturated rings. The van der Waals surface area contributed by atoms with Crippen LogP contribution in [0.1, 0.15) is 17.5 Å². The van der Waals surface area contributed by atoms with Gasteiger partial charge in [0.1, 0.15) is 6.29 Å². The van der Waals surface area contributed by atoms with Gasteiger partial charge in [0.15, 0.2) is 0 Å². The van der Waals surface area contributed by atoms with E-state index in [1.165, 1.54) is 18.2 Å². The van der Waals surface area contributed by atoms with Gasteiger partial charge in [-0.2, -0.15) is 13.2 Å². The van der Waals surface area contributed by atoms with Crippen molar-refractivity contribution in [3.05, 3.63) is 40.4 Å². The van der Waals surface area contributed by atoms with E-state index < -0.39 is 11.7 Å². The normalized spacial score (nSPS) is 12.0. The molecule has 1 nitrogen and oxygen atoms in total. The molecular formula is C11H8ClF3O. The molecule has 0 unspecified atom stereocenters. The van der Waals surface area contributed by atoms with Gasteiger partial charge in [-0.3, -0.25) is 0 Å². The molecule has 0 aromatic heterocycles. The van der Waals surface area contributed by atoms with Crippen molar-refractivity contribution in [3.63, 3.8) is 0 Å². The van der Waals surface area contributed by atoms with Crippen molar-refractivity contribution in [1.82, 2.24) is 0 Å². The van der Waals surface area contributed by atoms with Crippen LogP contribution < -0.4 is 0 Å². The average Bonchev–Trinajstić information content (AvgIpc) is 2.19. The molecule has 0 amide bonds. The smallest absolute Gasteiger partial charge is 0.303 e. The topological polar surface area (TPSA) is 17.1 Å². The van der Waals surface area contributed by atoms with Crippen molar-refractivity contribution in [1.29, 1.82) is 0 Å². The highest BCUT2D eigenvalue weighted by Crippen LogP contribution is 2.32. The predicted molar refractivity (Wildman–Crippen MR) is 56.2 cm³/mol. The fraction of sp³-hybridized carbons (Fsp3) is 0.182. The third kappa shape index (κ3) is 3.38. The number of carbonyl (C=O) groups excluding carboxylic acids is 1. The fourth-order valence-electron chi connectivity index (χ4n) is 1.09. The van der Waals surface area contributed by atoms with E-state index in [0.29, 0.717) is 11.8 Å². The second-order valence-corrected chi connectivity index (χ2v) is 3.45. The van der Waals surface area contributed by atoms with Gasteiger partial charge in [0.2, 0.25) is 0 Å². The molecule has 0 saturated heterocycles. The van der Waals surface area contributed by atoms with E-state index in [2.05, 4.69) is 0 Å². The third-order valence-corrected chi connectivity index (χ3v) is 2.18. The minimum absolute atomic E-state index is 0.0111. The number of halogens is 4. The zero-order valence-electron chi connectivity index (χ0n) is 8.09. The Morgan fingerprint density at radius 3 is 2.50 bits per heavy atom. The second-order valence-electron chi connectivity index (χ2n) is 3.04. The Labute approximate surface area is 95.5 Å². The zero-order valence-corrected chi connectivity index (χ0v) is 8.85. The van der Waals surface area contributed by atoms with Gasteiger partial charge in [0.25, 0.3) is 0 Å². The van der Waals surface area contributed by atoms with Gasteiger partial charge in [-0.05, 0) is 17.7 Å². The van der Waals surface area contributed by atoms with Crippen LogP contribution in [0, 0.1) is 0 Å². The van der Waals surface area contributed by atoms with Crippen LogP contribution in [0.5, 0.6) is 0 Å². The highest BCUT2D eigenvalue weighted by Gasteiger charge is 2.30. The first-order valence-electron chi connectivity index (χ1n) is 4.42. The van der Waals surface area contributed by atoms with Crippen LogP contribution in [-0.2, 0) is 11.0 Å². The summed E-state index contributed by atoms with van der Waals surface area (Å²) >= 11 is 5.67. The molecule has 0 saturated carbocycles. The number of benzene rings is 1. The number of allylic oxidation sites excluding steroid dienone is 1. The predicted octanol–water partition coefficient (Wildman–Crippen LogP) is 3.96. The molecule has 0 spiro atoms. The summed E-state index contributed by atoms with van der Waals surface area (Å²) in [7, 11) is 0. The van der Waals surface area contributed by atoms with E-state index in [4.69, 9.17) is 11.6 Å². The highest BCUT2D eigenvalue weighted by molar-refractivity contribution is 6.32. The average molecular weight is 249 g/mol. The maximum absolute atomic E-state index is 12.3. The van der Waals surface area contributed by atoms with Crippen LogP contribution in [0.25, 0.3) is 6.08 Å². The summed E-state index contributed by atoms with van der Waals surface area (Å²) in [6.07, 6.45) is -0.459. The lowest BCUT2D eigenvalue weighted by Gasteiger charge is -2.07. The quantitative estimate of drug-likeness (QED) is 0.740. The highest BCUT2D eigenvalue weighted by atomic mass is 35.5. The van der Waals surface area contributed by atoms with Gasteiger partial charge in [-0.25, -0.2) is 0 Å². The molecule has 16 heavy (non-hydrogen) atoms. The SMILES string of the molecule is O=CCC=Cc1ccc(C(F)(F)F)cc1Cl. The number of alkyl halides is 3. The van der Waals surface area contributed by atoms with Gasteiger partial charge in [0.05, 0.1) is 5.56 Å². The number of carbonyl (C=O) groups is 1. The summed E-state index contributed by atoms with van der Waals surface area (Å²) < 4.78 is 36.8. The first-order chi connectivity index (χ1) is 7.45. The van der Waals surface area contributed by atoms with Crippen molar-refractivity contribution in [2.24, 2.45) is 0 Å². The molecule has 0 atom stereocenters. The minimum Gasteiger partial charge on any atom is -0.303 e. The van der Waals surface area contributed by atoms with Gasteiger partial charge in [0, 0.05) is 11.4 Å². The van der Waals surface area contributed by atoms with Crippen LogP contribution in [0.4, 0.5) is 13.2 Å². The fourth-order valence-corrected chi connectivity index (χ4v) is 1.33. The summed E-state index contributed by atoms with van der Waals surface area (Å²) in [4.78, 5) is 10.0. The van der Waals surface area contributed by atoms with Crippen molar-refractivity contribution >= 4 is 24.0 Å². The van der Waals surface area contributed by atoms with Crippen molar-refractivity contribution < 1.29 is 18.0 Å². The molecule has 0 aliphatic heterocycles. The standard InChI is InChI=1S/C11H8ClF3O/c12-10-7-9(11(13,14)15)5-4-8(10)3-1-2-6-16/h1,3-7H,2H2. The number of hydrogen-bond donors (Lipinski definition) is 0. The summed E-state index contributed by atoms with van der Waals surface area (Å²) in [5.41, 5.74) is -0.332. The molecule has 0 N–H and O–H groups in total. The molecule has 0 heterocycles. The summed E-state index contributed by atoms with van der Waals surface area (Å²) in [6.45, 7) is 0. The van der Waals surface area contributed by atoms with Crippen LogP contribution in [0.3, 0.4) is 0 Å². The molecule has 1 aromatic rings. The number of hydrogen-bond acceptors (Lipinski definition) is 1. The second kappa shape index (κ2) is 5.16. The van der Waals surface area contributed by atoms with E-state index in [1.54, 1.807) is 0 Å². The van der Waals surface area contributed by atoms with Gasteiger partial charge >= 0.3 is 6.18 Å². The zero-order chi connectivity index (χ0) is 12.2. The molecule has 0 bridgehead atoms. The molecule has 0 aliphatic carbocycles. The monoisotopic (exact) mass is 248 g/mol. The maximum Gasteiger partial charge on any atom is 0.416 e. The Kier molecular flexibility index (Phi) is 4.12. The molecule has 1 rings (SSSR count). The van der Waals surface area contributed by atoms with Crippen LogP contribution in [-0.4, -0.2) is 6.29 Å². The Hall–Kier alpha value is -1.29. The van der Waals surface area contributed by atoms with E-state index in [-0.39, 0.29) is 11.4 Å². The first kappa shape index (κ1) is 12.8. The largest absolute Gasteiger partial charge is 0.416 e. The van der Waals surface area contributed by atoms with Crippen LogP contribution in [0.2, 0.25) is 5.02 Å². The Morgan fingerprint density at radius 2 is 2.00 bits per heavy atom. The minimum atomic E-state index is -4.39. The van der Waals surface area contributed by atoms with E-state index in [9.17, 15) is 18.0 Å². The summed E-state index contributed by atoms with van der Waals surface area (Å²) in [5, 5.41) is 0.0111. The molecule has 1 aromatic carbocycles.